The molecule has 10 heteroatoms. The second-order valence-corrected chi connectivity index (χ2v) is 16.9. The van der Waals surface area contributed by atoms with Gasteiger partial charge >= 0.3 is 0 Å². The average molecular weight is 736 g/mol. The summed E-state index contributed by atoms with van der Waals surface area (Å²) in [5, 5.41) is 3.30. The molecule has 0 bridgehead atoms. The molecule has 7 nitrogen and oxygen atoms in total. The molecule has 0 spiro atoms. The summed E-state index contributed by atoms with van der Waals surface area (Å²) in [6, 6.07) is 34.7. The molecule has 276 valence electrons. The van der Waals surface area contributed by atoms with Gasteiger partial charge in [0.15, 0.2) is 0 Å². The molecule has 0 aliphatic carbocycles. The number of hydrogen-bond acceptors (Lipinski definition) is 7. The lowest BCUT2D eigenvalue weighted by atomic mass is 10.0. The highest BCUT2D eigenvalue weighted by atomic mass is 32.2. The van der Waals surface area contributed by atoms with Crippen LogP contribution in [0.2, 0.25) is 0 Å². The zero-order valence-electron chi connectivity index (χ0n) is 31.7. The van der Waals surface area contributed by atoms with Crippen LogP contribution in [0.25, 0.3) is 0 Å². The first kappa shape index (κ1) is 49.9. The Labute approximate surface area is 300 Å². The van der Waals surface area contributed by atoms with Gasteiger partial charge in [0.1, 0.15) is 19.7 Å². The highest BCUT2D eigenvalue weighted by molar-refractivity contribution is 7.91. The van der Waals surface area contributed by atoms with Gasteiger partial charge in [0, 0.05) is 42.8 Å². The molecular formula is C39H61NO6S3. The minimum absolute atomic E-state index is 0.453. The van der Waals surface area contributed by atoms with Gasteiger partial charge < -0.3 is 5.32 Å². The van der Waals surface area contributed by atoms with E-state index >= 15 is 0 Å². The normalized spacial score (nSPS) is 11.2. The predicted octanol–water partition coefficient (Wildman–Crippen LogP) is 10.1. The minimum Gasteiger partial charge on any atom is -0.356 e. The van der Waals surface area contributed by atoms with E-state index in [1.807, 2.05) is 113 Å². The van der Waals surface area contributed by atoms with Crippen molar-refractivity contribution in [2.24, 2.45) is 0 Å². The Morgan fingerprint density at radius 3 is 0.980 bits per heavy atom. The van der Waals surface area contributed by atoms with E-state index in [0.29, 0.717) is 16.2 Å². The Morgan fingerprint density at radius 1 is 0.490 bits per heavy atom. The average Bonchev–Trinajstić information content (AvgIpc) is 3.04. The van der Waals surface area contributed by atoms with Crippen LogP contribution >= 0.6 is 0 Å². The summed E-state index contributed by atoms with van der Waals surface area (Å²) < 4.78 is 63.1. The second-order valence-electron chi connectivity index (χ2n) is 10.5. The molecule has 49 heavy (non-hydrogen) atoms. The molecule has 0 saturated carbocycles. The van der Waals surface area contributed by atoms with Crippen molar-refractivity contribution in [1.29, 1.82) is 0 Å². The molecule has 0 fully saturated rings. The SMILES string of the molecule is CC.CC.CCC.CCC.CS(C)(=O)=O.CS(C)(=O)=O.O=S1(=O)c2ccccc2Cc2ccccc21.c1ccc(Nc2ccccc2)cc1. The number of anilines is 2. The molecule has 0 atom stereocenters. The Hall–Kier alpha value is -3.47. The van der Waals surface area contributed by atoms with Crippen molar-refractivity contribution in [2.45, 2.75) is 84.4 Å². The fourth-order valence-corrected chi connectivity index (χ4v) is 5.08. The van der Waals surface area contributed by atoms with Crippen molar-refractivity contribution < 1.29 is 25.3 Å². The minimum atomic E-state index is -3.30. The van der Waals surface area contributed by atoms with Crippen molar-refractivity contribution in [3.8, 4) is 0 Å². The summed E-state index contributed by atoms with van der Waals surface area (Å²) in [5.74, 6) is 0. The maximum absolute atomic E-state index is 12.3. The van der Waals surface area contributed by atoms with Gasteiger partial charge in [-0.1, -0.05) is 141 Å². The zero-order chi connectivity index (χ0) is 38.5. The molecule has 0 unspecified atom stereocenters. The molecule has 0 radical (unpaired) electrons. The number of rotatable bonds is 2. The second kappa shape index (κ2) is 28.4. The molecule has 5 rings (SSSR count). The molecule has 1 heterocycles. The molecule has 4 aromatic carbocycles. The predicted molar refractivity (Wildman–Crippen MR) is 213 cm³/mol. The van der Waals surface area contributed by atoms with Crippen LogP contribution in [0.15, 0.2) is 119 Å². The van der Waals surface area contributed by atoms with Crippen LogP contribution in [-0.4, -0.2) is 50.3 Å². The summed E-state index contributed by atoms with van der Waals surface area (Å²) in [6.07, 6.45) is 7.84. The standard InChI is InChI=1S/C13H10O2S.C12H11N.2C3H8.2C2H6O2S.2C2H6/c14-16(15)12-7-3-1-5-10(12)9-11-6-2-4-8-13(11)16;1-3-7-11(8-4-1)13-12-9-5-2-6-10-12;2*1-3-2;2*1-5(2,3)4;2*1-2/h1-8H,9H2;1-10,13H;2*3H2,1-2H3;2*1-2H3;2*1-2H3. The van der Waals surface area contributed by atoms with E-state index in [4.69, 9.17) is 0 Å². The maximum atomic E-state index is 12.3. The number of para-hydroxylation sites is 2. The summed E-state index contributed by atoms with van der Waals surface area (Å²) >= 11 is 0. The fraction of sp³-hybridized carbons (Fsp3) is 0.385. The van der Waals surface area contributed by atoms with Crippen molar-refractivity contribution >= 4 is 40.9 Å². The molecule has 1 aliphatic heterocycles. The van der Waals surface area contributed by atoms with Gasteiger partial charge in [0.25, 0.3) is 0 Å². The molecule has 0 aromatic heterocycles. The van der Waals surface area contributed by atoms with Crippen molar-refractivity contribution in [3.63, 3.8) is 0 Å². The van der Waals surface area contributed by atoms with Gasteiger partial charge in [-0.15, -0.1) is 0 Å². The van der Waals surface area contributed by atoms with Gasteiger partial charge in [0.05, 0.1) is 9.79 Å². The van der Waals surface area contributed by atoms with Gasteiger partial charge in [-0.05, 0) is 47.5 Å². The molecule has 0 amide bonds. The summed E-state index contributed by atoms with van der Waals surface area (Å²) in [6.45, 7) is 16.5. The Morgan fingerprint density at radius 2 is 0.714 bits per heavy atom. The number of nitrogens with one attached hydrogen (secondary N) is 1. The first-order valence-corrected chi connectivity index (χ1v) is 22.6. The zero-order valence-corrected chi connectivity index (χ0v) is 34.1. The lowest BCUT2D eigenvalue weighted by Crippen LogP contribution is -2.14. The van der Waals surface area contributed by atoms with E-state index in [0.717, 1.165) is 47.5 Å². The smallest absolute Gasteiger partial charge is 0.207 e. The quantitative estimate of drug-likeness (QED) is 0.192. The van der Waals surface area contributed by atoms with Gasteiger partial charge in [-0.3, -0.25) is 0 Å². The van der Waals surface area contributed by atoms with E-state index in [1.54, 1.807) is 24.3 Å². The largest absolute Gasteiger partial charge is 0.356 e. The molecule has 4 aromatic rings. The maximum Gasteiger partial charge on any atom is 0.207 e. The van der Waals surface area contributed by atoms with Crippen molar-refractivity contribution in [3.05, 3.63) is 120 Å². The Bertz CT molecular complexity index is 1570. The van der Waals surface area contributed by atoms with Crippen LogP contribution < -0.4 is 5.32 Å². The van der Waals surface area contributed by atoms with E-state index < -0.39 is 29.5 Å². The first-order chi connectivity index (χ1) is 23.0. The number of fused-ring (bicyclic) bond motifs is 2. The van der Waals surface area contributed by atoms with E-state index in [9.17, 15) is 25.3 Å². The lowest BCUT2D eigenvalue weighted by Gasteiger charge is -2.19. The van der Waals surface area contributed by atoms with E-state index in [1.165, 1.54) is 12.8 Å². The number of benzene rings is 4. The van der Waals surface area contributed by atoms with Gasteiger partial charge in [-0.2, -0.15) is 0 Å². The Balaban J connectivity index is -0.000000573. The first-order valence-electron chi connectivity index (χ1n) is 16.6. The van der Waals surface area contributed by atoms with E-state index in [-0.39, 0.29) is 0 Å². The summed E-state index contributed by atoms with van der Waals surface area (Å²) in [4.78, 5) is 0.905. The van der Waals surface area contributed by atoms with Crippen LogP contribution in [0.4, 0.5) is 11.4 Å². The highest BCUT2D eigenvalue weighted by Crippen LogP contribution is 2.33. The van der Waals surface area contributed by atoms with Gasteiger partial charge in [0.2, 0.25) is 9.84 Å². The highest BCUT2D eigenvalue weighted by Gasteiger charge is 2.28. The third-order valence-electron chi connectivity index (χ3n) is 4.74. The van der Waals surface area contributed by atoms with Crippen LogP contribution in [0.1, 0.15) is 79.4 Å². The van der Waals surface area contributed by atoms with Gasteiger partial charge in [-0.25, -0.2) is 25.3 Å². The van der Waals surface area contributed by atoms with Crippen LogP contribution in [-0.2, 0) is 35.9 Å². The summed E-state index contributed by atoms with van der Waals surface area (Å²) in [5.41, 5.74) is 4.02. The monoisotopic (exact) mass is 735 g/mol. The third kappa shape index (κ3) is 27.1. The van der Waals surface area contributed by atoms with Crippen molar-refractivity contribution in [2.75, 3.05) is 30.3 Å². The lowest BCUT2D eigenvalue weighted by molar-refractivity contribution is 0.591. The van der Waals surface area contributed by atoms with Crippen LogP contribution in [0.5, 0.6) is 0 Å². The fourth-order valence-electron chi connectivity index (χ4n) is 3.36. The van der Waals surface area contributed by atoms with Crippen LogP contribution in [0.3, 0.4) is 0 Å². The van der Waals surface area contributed by atoms with E-state index in [2.05, 4.69) is 33.0 Å². The third-order valence-corrected chi connectivity index (χ3v) is 6.70. The molecule has 1 aliphatic rings. The summed E-state index contributed by atoms with van der Waals surface area (Å²) in [7, 11) is -8.63. The topological polar surface area (TPSA) is 114 Å². The van der Waals surface area contributed by atoms with Crippen LogP contribution in [0, 0.1) is 0 Å². The number of sulfone groups is 3. The molecular weight excluding hydrogens is 675 g/mol. The number of hydrogen-bond donors (Lipinski definition) is 1. The van der Waals surface area contributed by atoms with Crippen molar-refractivity contribution in [1.82, 2.24) is 0 Å². The Kier molecular flexibility index (Phi) is 28.9. The molecule has 1 N–H and O–H groups in total. The molecule has 0 saturated heterocycles.